The SMILES string of the molecule is O=C(Nc1cc(-n2cccn2)ncn1)c1cccc(Cl)c1. The molecule has 104 valence electrons. The minimum Gasteiger partial charge on any atom is -0.306 e. The lowest BCUT2D eigenvalue weighted by atomic mass is 10.2. The van der Waals surface area contributed by atoms with Gasteiger partial charge in [-0.15, -0.1) is 0 Å². The van der Waals surface area contributed by atoms with Gasteiger partial charge in [-0.05, 0) is 24.3 Å². The molecule has 0 radical (unpaired) electrons. The second-order valence-electron chi connectivity index (χ2n) is 4.18. The summed E-state index contributed by atoms with van der Waals surface area (Å²) in [6, 6.07) is 10.1. The number of halogens is 1. The van der Waals surface area contributed by atoms with Crippen molar-refractivity contribution in [2.24, 2.45) is 0 Å². The van der Waals surface area contributed by atoms with Crippen LogP contribution in [-0.4, -0.2) is 25.7 Å². The van der Waals surface area contributed by atoms with Crippen molar-refractivity contribution < 1.29 is 4.79 Å². The number of carbonyl (C=O) groups is 1. The highest BCUT2D eigenvalue weighted by molar-refractivity contribution is 6.31. The maximum Gasteiger partial charge on any atom is 0.256 e. The zero-order valence-corrected chi connectivity index (χ0v) is 11.5. The summed E-state index contributed by atoms with van der Waals surface area (Å²) in [4.78, 5) is 20.2. The number of anilines is 1. The molecule has 3 rings (SSSR count). The van der Waals surface area contributed by atoms with Gasteiger partial charge in [-0.25, -0.2) is 14.6 Å². The van der Waals surface area contributed by atoms with Gasteiger partial charge in [0.05, 0.1) is 0 Å². The van der Waals surface area contributed by atoms with E-state index in [-0.39, 0.29) is 5.91 Å². The molecule has 2 heterocycles. The first-order chi connectivity index (χ1) is 10.2. The normalized spacial score (nSPS) is 10.3. The van der Waals surface area contributed by atoms with Crippen LogP contribution in [0, 0.1) is 0 Å². The average Bonchev–Trinajstić information content (AvgIpc) is 3.02. The largest absolute Gasteiger partial charge is 0.306 e. The molecule has 0 fully saturated rings. The summed E-state index contributed by atoms with van der Waals surface area (Å²) in [6.45, 7) is 0. The Balaban J connectivity index is 1.82. The standard InChI is InChI=1S/C14H10ClN5O/c15-11-4-1-3-10(7-11)14(21)19-12-8-13(17-9-16-12)20-6-2-5-18-20/h1-9H,(H,16,17,19,21). The topological polar surface area (TPSA) is 72.7 Å². The number of amides is 1. The first kappa shape index (κ1) is 13.3. The number of carbonyl (C=O) groups excluding carboxylic acids is 1. The van der Waals surface area contributed by atoms with Crippen molar-refractivity contribution in [1.29, 1.82) is 0 Å². The highest BCUT2D eigenvalue weighted by Gasteiger charge is 2.08. The van der Waals surface area contributed by atoms with Crippen LogP contribution >= 0.6 is 11.6 Å². The predicted octanol–water partition coefficient (Wildman–Crippen LogP) is 2.57. The van der Waals surface area contributed by atoms with Crippen LogP contribution in [0.3, 0.4) is 0 Å². The van der Waals surface area contributed by atoms with E-state index in [0.29, 0.717) is 22.2 Å². The maximum atomic E-state index is 12.1. The van der Waals surface area contributed by atoms with Gasteiger partial charge in [0.1, 0.15) is 12.1 Å². The Labute approximate surface area is 125 Å². The zero-order valence-electron chi connectivity index (χ0n) is 10.8. The highest BCUT2D eigenvalue weighted by atomic mass is 35.5. The van der Waals surface area contributed by atoms with Crippen LogP contribution in [0.1, 0.15) is 10.4 Å². The van der Waals surface area contributed by atoms with Crippen molar-refractivity contribution in [2.45, 2.75) is 0 Å². The van der Waals surface area contributed by atoms with Crippen molar-refractivity contribution >= 4 is 23.3 Å². The maximum absolute atomic E-state index is 12.1. The first-order valence-corrected chi connectivity index (χ1v) is 6.49. The zero-order chi connectivity index (χ0) is 14.7. The number of nitrogens with zero attached hydrogens (tertiary/aromatic N) is 4. The van der Waals surface area contributed by atoms with Gasteiger partial charge in [-0.1, -0.05) is 17.7 Å². The van der Waals surface area contributed by atoms with Crippen molar-refractivity contribution in [2.75, 3.05) is 5.32 Å². The Morgan fingerprint density at radius 2 is 2.10 bits per heavy atom. The number of benzene rings is 1. The van der Waals surface area contributed by atoms with Crippen LogP contribution in [0.4, 0.5) is 5.82 Å². The van der Waals surface area contributed by atoms with Gasteiger partial charge in [0, 0.05) is 29.0 Å². The molecule has 6 nitrogen and oxygen atoms in total. The fourth-order valence-electron chi connectivity index (χ4n) is 1.76. The molecule has 21 heavy (non-hydrogen) atoms. The van der Waals surface area contributed by atoms with E-state index in [4.69, 9.17) is 11.6 Å². The third-order valence-corrected chi connectivity index (χ3v) is 2.96. The minimum atomic E-state index is -0.289. The smallest absolute Gasteiger partial charge is 0.256 e. The van der Waals surface area contributed by atoms with Gasteiger partial charge < -0.3 is 5.32 Å². The third-order valence-electron chi connectivity index (χ3n) is 2.72. The Bertz CT molecular complexity index is 773. The molecule has 0 aliphatic heterocycles. The van der Waals surface area contributed by atoms with E-state index >= 15 is 0 Å². The van der Waals surface area contributed by atoms with Crippen LogP contribution in [0.15, 0.2) is 55.1 Å². The lowest BCUT2D eigenvalue weighted by Gasteiger charge is -2.06. The van der Waals surface area contributed by atoms with E-state index < -0.39 is 0 Å². The Kier molecular flexibility index (Phi) is 3.61. The number of rotatable bonds is 3. The predicted molar refractivity (Wildman–Crippen MR) is 78.6 cm³/mol. The molecule has 0 saturated carbocycles. The van der Waals surface area contributed by atoms with E-state index in [9.17, 15) is 4.79 Å². The van der Waals surface area contributed by atoms with Crippen molar-refractivity contribution in [1.82, 2.24) is 19.7 Å². The molecule has 7 heteroatoms. The lowest BCUT2D eigenvalue weighted by molar-refractivity contribution is 0.102. The first-order valence-electron chi connectivity index (χ1n) is 6.11. The van der Waals surface area contributed by atoms with Crippen LogP contribution in [0.2, 0.25) is 5.02 Å². The Morgan fingerprint density at radius 3 is 2.86 bits per heavy atom. The average molecular weight is 300 g/mol. The molecule has 0 aliphatic carbocycles. The van der Waals surface area contributed by atoms with E-state index in [2.05, 4.69) is 20.4 Å². The fraction of sp³-hybridized carbons (Fsp3) is 0. The molecule has 1 amide bonds. The summed E-state index contributed by atoms with van der Waals surface area (Å²) < 4.78 is 1.58. The van der Waals surface area contributed by atoms with E-state index in [0.717, 1.165) is 0 Å². The summed E-state index contributed by atoms with van der Waals surface area (Å²) in [7, 11) is 0. The van der Waals surface area contributed by atoms with Gasteiger partial charge >= 0.3 is 0 Å². The van der Waals surface area contributed by atoms with Crippen molar-refractivity contribution in [3.05, 3.63) is 65.7 Å². The lowest BCUT2D eigenvalue weighted by Crippen LogP contribution is -2.13. The minimum absolute atomic E-state index is 0.289. The van der Waals surface area contributed by atoms with Crippen molar-refractivity contribution in [3.63, 3.8) is 0 Å². The number of aromatic nitrogens is 4. The summed E-state index contributed by atoms with van der Waals surface area (Å²) >= 11 is 5.87. The molecule has 0 aliphatic rings. The summed E-state index contributed by atoms with van der Waals surface area (Å²) in [5.74, 6) is 0.666. The molecule has 1 N–H and O–H groups in total. The molecule has 0 atom stereocenters. The summed E-state index contributed by atoms with van der Waals surface area (Å²) in [6.07, 6.45) is 4.77. The quantitative estimate of drug-likeness (QED) is 0.806. The molecular formula is C14H10ClN5O. The molecule has 1 aromatic carbocycles. The van der Waals surface area contributed by atoms with Gasteiger partial charge in [0.25, 0.3) is 5.91 Å². The molecular weight excluding hydrogens is 290 g/mol. The Hall–Kier alpha value is -2.73. The molecule has 2 aromatic heterocycles. The molecule has 0 bridgehead atoms. The van der Waals surface area contributed by atoms with Crippen molar-refractivity contribution in [3.8, 4) is 5.82 Å². The van der Waals surface area contributed by atoms with Crippen LogP contribution in [0.5, 0.6) is 0 Å². The second-order valence-corrected chi connectivity index (χ2v) is 4.61. The van der Waals surface area contributed by atoms with Gasteiger partial charge in [-0.2, -0.15) is 5.10 Å². The van der Waals surface area contributed by atoms with E-state index in [1.54, 1.807) is 53.5 Å². The number of hydrogen-bond donors (Lipinski definition) is 1. The van der Waals surface area contributed by atoms with Crippen LogP contribution in [-0.2, 0) is 0 Å². The third kappa shape index (κ3) is 3.06. The van der Waals surface area contributed by atoms with Gasteiger partial charge in [0.15, 0.2) is 5.82 Å². The highest BCUT2D eigenvalue weighted by Crippen LogP contribution is 2.13. The van der Waals surface area contributed by atoms with Crippen LogP contribution < -0.4 is 5.32 Å². The van der Waals surface area contributed by atoms with Crippen LogP contribution in [0.25, 0.3) is 5.82 Å². The molecule has 0 saturated heterocycles. The van der Waals surface area contributed by atoms with E-state index in [1.165, 1.54) is 6.33 Å². The number of hydrogen-bond acceptors (Lipinski definition) is 4. The fourth-order valence-corrected chi connectivity index (χ4v) is 1.95. The molecule has 0 unspecified atom stereocenters. The Morgan fingerprint density at radius 1 is 1.19 bits per heavy atom. The monoisotopic (exact) mass is 299 g/mol. The van der Waals surface area contributed by atoms with E-state index in [1.807, 2.05) is 0 Å². The van der Waals surface area contributed by atoms with Gasteiger partial charge in [-0.3, -0.25) is 4.79 Å². The molecule has 0 spiro atoms. The summed E-state index contributed by atoms with van der Waals surface area (Å²) in [5, 5.41) is 7.27. The number of nitrogens with one attached hydrogen (secondary N) is 1. The summed E-state index contributed by atoms with van der Waals surface area (Å²) in [5.41, 5.74) is 0.460. The van der Waals surface area contributed by atoms with Gasteiger partial charge in [0.2, 0.25) is 0 Å². The second kappa shape index (κ2) is 5.72. The molecule has 3 aromatic rings.